The lowest BCUT2D eigenvalue weighted by molar-refractivity contribution is -0.133. The summed E-state index contributed by atoms with van der Waals surface area (Å²) in [5.41, 5.74) is -0.833. The van der Waals surface area contributed by atoms with Gasteiger partial charge in [-0.1, -0.05) is 24.4 Å². The van der Waals surface area contributed by atoms with Gasteiger partial charge in [0.15, 0.2) is 0 Å². The summed E-state index contributed by atoms with van der Waals surface area (Å²) in [4.78, 5) is 27.7. The second-order valence-electron chi connectivity index (χ2n) is 7.60. The number of halogens is 1. The lowest BCUT2D eigenvalue weighted by atomic mass is 9.94. The van der Waals surface area contributed by atoms with E-state index in [-0.39, 0.29) is 30.8 Å². The van der Waals surface area contributed by atoms with Gasteiger partial charge in [0, 0.05) is 23.3 Å². The van der Waals surface area contributed by atoms with E-state index in [4.69, 9.17) is 11.6 Å². The zero-order valence-electron chi connectivity index (χ0n) is 16.2. The van der Waals surface area contributed by atoms with Crippen LogP contribution in [0, 0.1) is 0 Å². The molecule has 1 aromatic carbocycles. The quantitative estimate of drug-likeness (QED) is 0.780. The van der Waals surface area contributed by atoms with E-state index in [0.717, 1.165) is 30.0 Å². The Morgan fingerprint density at radius 3 is 2.43 bits per heavy atom. The number of piperazine rings is 1. The fourth-order valence-corrected chi connectivity index (χ4v) is 5.20. The summed E-state index contributed by atoms with van der Waals surface area (Å²) >= 11 is 5.97. The zero-order valence-corrected chi connectivity index (χ0v) is 17.7. The third-order valence-electron chi connectivity index (χ3n) is 5.56. The standard InChI is InChI=1S/C19H26ClN3O4S/c1-3-28(26,27)22-12-17(24)23(16-10-8-14(20)9-11-16)19(2,13-22)18(25)21-15-6-4-5-7-15/h8-11,15H,3-7,12-13H2,1-2H3,(H,21,25). The highest BCUT2D eigenvalue weighted by molar-refractivity contribution is 7.89. The fraction of sp³-hybridized carbons (Fsp3) is 0.579. The minimum Gasteiger partial charge on any atom is -0.351 e. The Morgan fingerprint density at radius 1 is 1.25 bits per heavy atom. The summed E-state index contributed by atoms with van der Waals surface area (Å²) in [7, 11) is -3.61. The van der Waals surface area contributed by atoms with E-state index in [0.29, 0.717) is 10.7 Å². The van der Waals surface area contributed by atoms with Crippen LogP contribution in [0.5, 0.6) is 0 Å². The molecule has 1 aliphatic heterocycles. The van der Waals surface area contributed by atoms with Gasteiger partial charge < -0.3 is 5.32 Å². The summed E-state index contributed by atoms with van der Waals surface area (Å²) in [6.45, 7) is 2.78. The first-order valence-electron chi connectivity index (χ1n) is 9.55. The molecule has 1 heterocycles. The molecule has 1 saturated heterocycles. The molecule has 9 heteroatoms. The van der Waals surface area contributed by atoms with Crippen LogP contribution in [0.2, 0.25) is 5.02 Å². The molecular weight excluding hydrogens is 402 g/mol. The number of amides is 2. The second kappa shape index (κ2) is 8.00. The first kappa shape index (κ1) is 21.1. The van der Waals surface area contributed by atoms with Crippen molar-refractivity contribution in [2.75, 3.05) is 23.7 Å². The fourth-order valence-electron chi connectivity index (χ4n) is 3.95. The van der Waals surface area contributed by atoms with Crippen molar-refractivity contribution in [1.29, 1.82) is 0 Å². The maximum Gasteiger partial charge on any atom is 0.247 e. The first-order valence-corrected chi connectivity index (χ1v) is 11.5. The van der Waals surface area contributed by atoms with Gasteiger partial charge >= 0.3 is 0 Å². The van der Waals surface area contributed by atoms with Crippen molar-refractivity contribution in [3.63, 3.8) is 0 Å². The molecule has 28 heavy (non-hydrogen) atoms. The number of carbonyl (C=O) groups excluding carboxylic acids is 2. The van der Waals surface area contributed by atoms with Crippen LogP contribution in [0.3, 0.4) is 0 Å². The number of anilines is 1. The first-order chi connectivity index (χ1) is 13.2. The van der Waals surface area contributed by atoms with Gasteiger partial charge in [0.05, 0.1) is 12.3 Å². The molecule has 2 amide bonds. The molecule has 3 rings (SSSR count). The number of nitrogens with one attached hydrogen (secondary N) is 1. The third-order valence-corrected chi connectivity index (χ3v) is 7.59. The van der Waals surface area contributed by atoms with E-state index in [9.17, 15) is 18.0 Å². The molecule has 0 spiro atoms. The monoisotopic (exact) mass is 427 g/mol. The van der Waals surface area contributed by atoms with Crippen molar-refractivity contribution in [2.24, 2.45) is 0 Å². The number of hydrogen-bond acceptors (Lipinski definition) is 4. The van der Waals surface area contributed by atoms with Crippen LogP contribution in [0.4, 0.5) is 5.69 Å². The van der Waals surface area contributed by atoms with Crippen molar-refractivity contribution in [3.05, 3.63) is 29.3 Å². The number of carbonyl (C=O) groups is 2. The lowest BCUT2D eigenvalue weighted by Crippen LogP contribution is -2.70. The molecule has 0 bridgehead atoms. The van der Waals surface area contributed by atoms with Crippen LogP contribution in [0.25, 0.3) is 0 Å². The molecule has 154 valence electrons. The van der Waals surface area contributed by atoms with E-state index in [1.54, 1.807) is 31.2 Å². The summed E-state index contributed by atoms with van der Waals surface area (Å²) in [5.74, 6) is -0.893. The molecule has 1 atom stereocenters. The highest BCUT2D eigenvalue weighted by Gasteiger charge is 2.51. The van der Waals surface area contributed by atoms with Gasteiger partial charge in [-0.3, -0.25) is 14.5 Å². The summed E-state index contributed by atoms with van der Waals surface area (Å²) in [5, 5.41) is 3.54. The van der Waals surface area contributed by atoms with Gasteiger partial charge in [-0.05, 0) is 51.0 Å². The maximum absolute atomic E-state index is 13.3. The van der Waals surface area contributed by atoms with E-state index in [1.165, 1.54) is 11.8 Å². The summed E-state index contributed by atoms with van der Waals surface area (Å²) < 4.78 is 26.0. The average Bonchev–Trinajstić information content (AvgIpc) is 3.15. The van der Waals surface area contributed by atoms with Crippen LogP contribution in [-0.2, 0) is 19.6 Å². The third kappa shape index (κ3) is 4.04. The molecular formula is C19H26ClN3O4S. The van der Waals surface area contributed by atoms with Crippen molar-refractivity contribution in [3.8, 4) is 0 Å². The predicted octanol–water partition coefficient (Wildman–Crippen LogP) is 2.16. The predicted molar refractivity (Wildman–Crippen MR) is 109 cm³/mol. The van der Waals surface area contributed by atoms with Crippen LogP contribution < -0.4 is 10.2 Å². The van der Waals surface area contributed by atoms with Gasteiger partial charge in [-0.15, -0.1) is 0 Å². The molecule has 0 aromatic heterocycles. The Balaban J connectivity index is 1.99. The smallest absolute Gasteiger partial charge is 0.247 e. The average molecular weight is 428 g/mol. The second-order valence-corrected chi connectivity index (χ2v) is 10.3. The molecule has 2 fully saturated rings. The Kier molecular flexibility index (Phi) is 6.03. The van der Waals surface area contributed by atoms with Crippen molar-refractivity contribution < 1.29 is 18.0 Å². The van der Waals surface area contributed by atoms with Gasteiger partial charge in [-0.25, -0.2) is 8.42 Å². The Labute approximate surface area is 171 Å². The van der Waals surface area contributed by atoms with E-state index >= 15 is 0 Å². The van der Waals surface area contributed by atoms with E-state index in [1.807, 2.05) is 0 Å². The lowest BCUT2D eigenvalue weighted by Gasteiger charge is -2.47. The Hall–Kier alpha value is -1.64. The van der Waals surface area contributed by atoms with Crippen molar-refractivity contribution >= 4 is 39.1 Å². The van der Waals surface area contributed by atoms with Crippen LogP contribution in [0.15, 0.2) is 24.3 Å². The molecule has 1 aliphatic carbocycles. The number of hydrogen-bond donors (Lipinski definition) is 1. The van der Waals surface area contributed by atoms with Crippen LogP contribution in [-0.4, -0.2) is 55.0 Å². The Morgan fingerprint density at radius 2 is 1.86 bits per heavy atom. The molecule has 1 unspecified atom stereocenters. The van der Waals surface area contributed by atoms with Gasteiger partial charge in [-0.2, -0.15) is 4.31 Å². The number of rotatable bonds is 5. The normalized spacial score (nSPS) is 24.5. The zero-order chi connectivity index (χ0) is 20.5. The summed E-state index contributed by atoms with van der Waals surface area (Å²) in [6.07, 6.45) is 3.90. The van der Waals surface area contributed by atoms with Gasteiger partial charge in [0.25, 0.3) is 0 Å². The van der Waals surface area contributed by atoms with Crippen molar-refractivity contribution in [1.82, 2.24) is 9.62 Å². The van der Waals surface area contributed by atoms with E-state index < -0.39 is 21.5 Å². The van der Waals surface area contributed by atoms with Gasteiger partial charge in [0.2, 0.25) is 21.8 Å². The molecule has 0 radical (unpaired) electrons. The highest BCUT2D eigenvalue weighted by atomic mass is 35.5. The van der Waals surface area contributed by atoms with E-state index in [2.05, 4.69) is 5.32 Å². The minimum absolute atomic E-state index is 0.0599. The topological polar surface area (TPSA) is 86.8 Å². The molecule has 7 nitrogen and oxygen atoms in total. The number of nitrogens with zero attached hydrogens (tertiary/aromatic N) is 2. The SMILES string of the molecule is CCS(=O)(=O)N1CC(=O)N(c2ccc(Cl)cc2)C(C)(C(=O)NC2CCCC2)C1. The highest BCUT2D eigenvalue weighted by Crippen LogP contribution is 2.32. The molecule has 1 N–H and O–H groups in total. The minimum atomic E-state index is -3.61. The van der Waals surface area contributed by atoms with Crippen LogP contribution in [0.1, 0.15) is 39.5 Å². The number of benzene rings is 1. The molecule has 1 saturated carbocycles. The van der Waals surface area contributed by atoms with Crippen LogP contribution >= 0.6 is 11.6 Å². The maximum atomic E-state index is 13.3. The molecule has 2 aliphatic rings. The Bertz CT molecular complexity index is 852. The summed E-state index contributed by atoms with van der Waals surface area (Å²) in [6, 6.07) is 6.70. The van der Waals surface area contributed by atoms with Gasteiger partial charge in [0.1, 0.15) is 5.54 Å². The van der Waals surface area contributed by atoms with Crippen molar-refractivity contribution in [2.45, 2.75) is 51.1 Å². The number of sulfonamides is 1. The molecule has 1 aromatic rings. The largest absolute Gasteiger partial charge is 0.351 e.